The predicted octanol–water partition coefficient (Wildman–Crippen LogP) is 1.70. The molecule has 0 bridgehead atoms. The van der Waals surface area contributed by atoms with Crippen LogP contribution in [0.2, 0.25) is 0 Å². The van der Waals surface area contributed by atoms with Gasteiger partial charge in [-0.1, -0.05) is 5.92 Å². The van der Waals surface area contributed by atoms with E-state index in [9.17, 15) is 9.18 Å². The number of carbonyl (C=O) groups excluding carboxylic acids is 1. The van der Waals surface area contributed by atoms with Gasteiger partial charge in [-0.25, -0.2) is 4.39 Å². The Hall–Kier alpha value is -1.82. The molecule has 1 amide bonds. The van der Waals surface area contributed by atoms with Crippen molar-refractivity contribution < 1.29 is 9.18 Å². The molecule has 3 heteroatoms. The first-order chi connectivity index (χ1) is 7.19. The van der Waals surface area contributed by atoms with Crippen LogP contribution in [-0.4, -0.2) is 11.9 Å². The van der Waals surface area contributed by atoms with Crippen molar-refractivity contribution in [3.05, 3.63) is 35.1 Å². The molecule has 0 aliphatic heterocycles. The number of nitrogens with one attached hydrogen (secondary N) is 1. The van der Waals surface area contributed by atoms with Crippen LogP contribution in [0.4, 0.5) is 4.39 Å². The summed E-state index contributed by atoms with van der Waals surface area (Å²) in [5, 5.41) is 2.77. The van der Waals surface area contributed by atoms with E-state index in [-0.39, 0.29) is 17.5 Å². The van der Waals surface area contributed by atoms with E-state index in [1.165, 1.54) is 18.2 Å². The zero-order valence-corrected chi connectivity index (χ0v) is 8.09. The van der Waals surface area contributed by atoms with Crippen molar-refractivity contribution in [3.8, 4) is 12.3 Å². The summed E-state index contributed by atoms with van der Waals surface area (Å²) in [7, 11) is 0. The van der Waals surface area contributed by atoms with Crippen LogP contribution < -0.4 is 5.32 Å². The lowest BCUT2D eigenvalue weighted by Gasteiger charge is -2.03. The SMILES string of the molecule is C#Cc1cc(F)cc(C(=O)NC2CC2)c1. The highest BCUT2D eigenvalue weighted by atomic mass is 19.1. The second-order valence-electron chi connectivity index (χ2n) is 3.62. The number of rotatable bonds is 2. The van der Waals surface area contributed by atoms with Gasteiger partial charge in [0.25, 0.3) is 5.91 Å². The third kappa shape index (κ3) is 2.35. The zero-order valence-electron chi connectivity index (χ0n) is 8.09. The summed E-state index contributed by atoms with van der Waals surface area (Å²) in [4.78, 5) is 11.6. The average Bonchev–Trinajstić information content (AvgIpc) is 3.00. The van der Waals surface area contributed by atoms with Gasteiger partial charge in [-0.2, -0.15) is 0 Å². The Morgan fingerprint density at radius 1 is 1.47 bits per heavy atom. The summed E-state index contributed by atoms with van der Waals surface area (Å²) >= 11 is 0. The van der Waals surface area contributed by atoms with E-state index in [1.54, 1.807) is 0 Å². The normalized spacial score (nSPS) is 14.4. The summed E-state index contributed by atoms with van der Waals surface area (Å²) in [6, 6.07) is 4.20. The lowest BCUT2D eigenvalue weighted by atomic mass is 10.1. The van der Waals surface area contributed by atoms with Gasteiger partial charge >= 0.3 is 0 Å². The number of benzene rings is 1. The fraction of sp³-hybridized carbons (Fsp3) is 0.250. The van der Waals surface area contributed by atoms with Gasteiger partial charge < -0.3 is 5.32 Å². The fourth-order valence-corrected chi connectivity index (χ4v) is 1.30. The summed E-state index contributed by atoms with van der Waals surface area (Å²) < 4.78 is 13.1. The zero-order chi connectivity index (χ0) is 10.8. The van der Waals surface area contributed by atoms with Crippen molar-refractivity contribution in [2.24, 2.45) is 0 Å². The lowest BCUT2D eigenvalue weighted by molar-refractivity contribution is 0.0950. The molecule has 1 aliphatic rings. The van der Waals surface area contributed by atoms with Gasteiger partial charge in [0.2, 0.25) is 0 Å². The van der Waals surface area contributed by atoms with Gasteiger partial charge in [0.1, 0.15) is 5.82 Å². The summed E-state index contributed by atoms with van der Waals surface area (Å²) in [5.74, 6) is 1.58. The van der Waals surface area contributed by atoms with Gasteiger partial charge in [0.15, 0.2) is 0 Å². The maximum absolute atomic E-state index is 13.1. The van der Waals surface area contributed by atoms with Crippen LogP contribution in [0.15, 0.2) is 18.2 Å². The molecule has 1 fully saturated rings. The molecule has 2 rings (SSSR count). The van der Waals surface area contributed by atoms with Crippen LogP contribution >= 0.6 is 0 Å². The van der Waals surface area contributed by atoms with Gasteiger partial charge in [0, 0.05) is 17.2 Å². The molecule has 0 saturated heterocycles. The molecular weight excluding hydrogens is 193 g/mol. The van der Waals surface area contributed by atoms with Gasteiger partial charge in [-0.3, -0.25) is 4.79 Å². The van der Waals surface area contributed by atoms with Crippen LogP contribution in [0.5, 0.6) is 0 Å². The molecule has 0 unspecified atom stereocenters. The molecule has 1 aliphatic carbocycles. The van der Waals surface area contributed by atoms with Crippen molar-refractivity contribution in [2.45, 2.75) is 18.9 Å². The second-order valence-corrected chi connectivity index (χ2v) is 3.62. The van der Waals surface area contributed by atoms with Crippen molar-refractivity contribution in [1.82, 2.24) is 5.32 Å². The van der Waals surface area contributed by atoms with Crippen molar-refractivity contribution in [2.75, 3.05) is 0 Å². The van der Waals surface area contributed by atoms with E-state index in [0.717, 1.165) is 12.8 Å². The Bertz CT molecular complexity index is 443. The molecule has 0 atom stereocenters. The van der Waals surface area contributed by atoms with Crippen molar-refractivity contribution in [3.63, 3.8) is 0 Å². The fourth-order valence-electron chi connectivity index (χ4n) is 1.30. The number of halogens is 1. The Morgan fingerprint density at radius 2 is 2.20 bits per heavy atom. The number of amides is 1. The molecular formula is C12H10FNO. The standard InChI is InChI=1S/C12H10FNO/c1-2-8-5-9(7-10(13)6-8)12(15)14-11-3-4-11/h1,5-7,11H,3-4H2,(H,14,15). The summed E-state index contributed by atoms with van der Waals surface area (Å²) in [5.41, 5.74) is 0.672. The highest BCUT2D eigenvalue weighted by Gasteiger charge is 2.23. The van der Waals surface area contributed by atoms with E-state index >= 15 is 0 Å². The monoisotopic (exact) mass is 203 g/mol. The first-order valence-electron chi connectivity index (χ1n) is 4.77. The number of hydrogen-bond acceptors (Lipinski definition) is 1. The van der Waals surface area contributed by atoms with Crippen LogP contribution in [0.1, 0.15) is 28.8 Å². The maximum Gasteiger partial charge on any atom is 0.251 e. The number of hydrogen-bond donors (Lipinski definition) is 1. The Balaban J connectivity index is 2.22. The number of carbonyl (C=O) groups is 1. The minimum Gasteiger partial charge on any atom is -0.349 e. The van der Waals surface area contributed by atoms with Gasteiger partial charge in [-0.15, -0.1) is 6.42 Å². The highest BCUT2D eigenvalue weighted by molar-refractivity contribution is 5.94. The van der Waals surface area contributed by atoms with E-state index in [0.29, 0.717) is 5.56 Å². The first kappa shape index (κ1) is 9.72. The largest absolute Gasteiger partial charge is 0.349 e. The third-order valence-corrected chi connectivity index (χ3v) is 2.24. The Labute approximate surface area is 87.5 Å². The molecule has 15 heavy (non-hydrogen) atoms. The van der Waals surface area contributed by atoms with Crippen molar-refractivity contribution in [1.29, 1.82) is 0 Å². The second kappa shape index (κ2) is 3.74. The number of terminal acetylenes is 1. The summed E-state index contributed by atoms with van der Waals surface area (Å²) in [6.45, 7) is 0. The smallest absolute Gasteiger partial charge is 0.251 e. The topological polar surface area (TPSA) is 29.1 Å². The van der Waals surface area contributed by atoms with E-state index in [4.69, 9.17) is 6.42 Å². The summed E-state index contributed by atoms with van der Waals surface area (Å²) in [6.07, 6.45) is 7.16. The van der Waals surface area contributed by atoms with Crippen LogP contribution in [0, 0.1) is 18.2 Å². The van der Waals surface area contributed by atoms with E-state index in [1.807, 2.05) is 0 Å². The van der Waals surface area contributed by atoms with Crippen LogP contribution in [0.3, 0.4) is 0 Å². The maximum atomic E-state index is 13.1. The van der Waals surface area contributed by atoms with E-state index < -0.39 is 5.82 Å². The van der Waals surface area contributed by atoms with Gasteiger partial charge in [0.05, 0.1) is 0 Å². The average molecular weight is 203 g/mol. The lowest BCUT2D eigenvalue weighted by Crippen LogP contribution is -2.25. The minimum atomic E-state index is -0.480. The molecule has 2 nitrogen and oxygen atoms in total. The molecule has 1 aromatic rings. The molecule has 1 saturated carbocycles. The quantitative estimate of drug-likeness (QED) is 0.728. The molecule has 1 aromatic carbocycles. The molecule has 0 aromatic heterocycles. The van der Waals surface area contributed by atoms with E-state index in [2.05, 4.69) is 11.2 Å². The molecule has 0 spiro atoms. The molecule has 76 valence electrons. The third-order valence-electron chi connectivity index (χ3n) is 2.24. The Morgan fingerprint density at radius 3 is 2.80 bits per heavy atom. The van der Waals surface area contributed by atoms with Crippen LogP contribution in [0.25, 0.3) is 0 Å². The predicted molar refractivity (Wildman–Crippen MR) is 54.8 cm³/mol. The van der Waals surface area contributed by atoms with Crippen molar-refractivity contribution >= 4 is 5.91 Å². The van der Waals surface area contributed by atoms with Crippen LogP contribution in [-0.2, 0) is 0 Å². The van der Waals surface area contributed by atoms with Gasteiger partial charge in [-0.05, 0) is 31.0 Å². The molecule has 0 heterocycles. The highest BCUT2D eigenvalue weighted by Crippen LogP contribution is 2.19. The molecule has 1 N–H and O–H groups in total. The molecule has 0 radical (unpaired) electrons. The Kier molecular flexibility index (Phi) is 2.42. The first-order valence-corrected chi connectivity index (χ1v) is 4.77. The minimum absolute atomic E-state index is 0.256.